The van der Waals surface area contributed by atoms with Gasteiger partial charge in [0.15, 0.2) is 6.10 Å². The minimum Gasteiger partial charge on any atom is -0.480 e. The zero-order valence-electron chi connectivity index (χ0n) is 16.0. The van der Waals surface area contributed by atoms with E-state index in [0.717, 1.165) is 41.9 Å². The van der Waals surface area contributed by atoms with Crippen LogP contribution < -0.4 is 15.0 Å². The fourth-order valence-corrected chi connectivity index (χ4v) is 3.54. The van der Waals surface area contributed by atoms with Gasteiger partial charge in [-0.05, 0) is 72.7 Å². The van der Waals surface area contributed by atoms with Gasteiger partial charge >= 0.3 is 0 Å². The van der Waals surface area contributed by atoms with Crippen molar-refractivity contribution in [3.63, 3.8) is 0 Å². The molecule has 1 N–H and O–H groups in total. The Balaban J connectivity index is 1.62. The number of hydrogen-bond acceptors (Lipinski definition) is 4. The predicted octanol–water partition coefficient (Wildman–Crippen LogP) is 3.92. The van der Waals surface area contributed by atoms with Crippen LogP contribution in [0, 0.1) is 6.92 Å². The molecule has 1 aliphatic heterocycles. The number of likely N-dealkylation sites (N-methyl/N-ethyl adjacent to an activating group) is 1. The summed E-state index contributed by atoms with van der Waals surface area (Å²) in [6.07, 6.45) is -0.596. The second-order valence-corrected chi connectivity index (χ2v) is 7.83. The van der Waals surface area contributed by atoms with Gasteiger partial charge in [-0.3, -0.25) is 4.79 Å². The number of para-hydroxylation sites is 1. The number of halogens is 1. The first-order valence-electron chi connectivity index (χ1n) is 9.20. The highest BCUT2D eigenvalue weighted by Crippen LogP contribution is 2.26. The van der Waals surface area contributed by atoms with Gasteiger partial charge in [0, 0.05) is 37.6 Å². The molecule has 1 saturated heterocycles. The molecule has 2 aromatic rings. The molecular formula is C21H26BrN3O2. The monoisotopic (exact) mass is 431 g/mol. The number of nitrogens with one attached hydrogen (secondary N) is 1. The first-order valence-corrected chi connectivity index (χ1v) is 9.99. The lowest BCUT2D eigenvalue weighted by Crippen LogP contribution is -2.44. The molecule has 0 spiro atoms. The van der Waals surface area contributed by atoms with Crippen molar-refractivity contribution in [2.24, 2.45) is 0 Å². The lowest BCUT2D eigenvalue weighted by molar-refractivity contribution is -0.122. The molecule has 1 amide bonds. The molecule has 6 heteroatoms. The maximum Gasteiger partial charge on any atom is 0.265 e. The highest BCUT2D eigenvalue weighted by Gasteiger charge is 2.18. The van der Waals surface area contributed by atoms with Crippen molar-refractivity contribution in [2.45, 2.75) is 20.0 Å². The molecule has 0 aliphatic carbocycles. The first-order chi connectivity index (χ1) is 12.9. The van der Waals surface area contributed by atoms with Crippen LogP contribution in [-0.4, -0.2) is 50.1 Å². The van der Waals surface area contributed by atoms with Crippen LogP contribution in [0.15, 0.2) is 46.9 Å². The highest BCUT2D eigenvalue weighted by atomic mass is 79.9. The summed E-state index contributed by atoms with van der Waals surface area (Å²) in [6, 6.07) is 13.6. The van der Waals surface area contributed by atoms with Crippen LogP contribution >= 0.6 is 15.9 Å². The molecule has 2 aromatic carbocycles. The second kappa shape index (κ2) is 8.76. The number of benzene rings is 2. The Morgan fingerprint density at radius 1 is 1.15 bits per heavy atom. The number of carbonyl (C=O) groups is 1. The standard InChI is InChI=1S/C21H26BrN3O2/c1-15-14-17(8-9-19(15)25-12-10-24(3)11-13-25)23-21(26)16(2)27-20-7-5-4-6-18(20)22/h4-9,14,16H,10-13H2,1-3H3,(H,23,26). The number of amides is 1. The predicted molar refractivity (Wildman–Crippen MR) is 114 cm³/mol. The molecule has 1 aliphatic rings. The van der Waals surface area contributed by atoms with Crippen LogP contribution in [0.25, 0.3) is 0 Å². The number of anilines is 2. The van der Waals surface area contributed by atoms with Crippen LogP contribution in [0.2, 0.25) is 0 Å². The number of carbonyl (C=O) groups excluding carboxylic acids is 1. The average Bonchev–Trinajstić information content (AvgIpc) is 2.64. The minimum absolute atomic E-state index is 0.169. The van der Waals surface area contributed by atoms with Gasteiger partial charge in [-0.1, -0.05) is 12.1 Å². The van der Waals surface area contributed by atoms with Crippen LogP contribution in [0.3, 0.4) is 0 Å². The van der Waals surface area contributed by atoms with Gasteiger partial charge < -0.3 is 19.9 Å². The van der Waals surface area contributed by atoms with E-state index in [0.29, 0.717) is 5.75 Å². The van der Waals surface area contributed by atoms with Crippen LogP contribution in [0.4, 0.5) is 11.4 Å². The lowest BCUT2D eigenvalue weighted by Gasteiger charge is -2.35. The molecule has 0 bridgehead atoms. The smallest absolute Gasteiger partial charge is 0.265 e. The molecule has 0 saturated carbocycles. The summed E-state index contributed by atoms with van der Waals surface area (Å²) in [5.74, 6) is 0.485. The van der Waals surface area contributed by atoms with Crippen molar-refractivity contribution in [1.82, 2.24) is 4.90 Å². The SMILES string of the molecule is Cc1cc(NC(=O)C(C)Oc2ccccc2Br)ccc1N1CCN(C)CC1. The molecule has 1 unspecified atom stereocenters. The summed E-state index contributed by atoms with van der Waals surface area (Å²) in [7, 11) is 2.15. The van der Waals surface area contributed by atoms with Gasteiger partial charge in [-0.15, -0.1) is 0 Å². The maximum absolute atomic E-state index is 12.5. The summed E-state index contributed by atoms with van der Waals surface area (Å²) >= 11 is 3.44. The second-order valence-electron chi connectivity index (χ2n) is 6.97. The molecule has 144 valence electrons. The van der Waals surface area contributed by atoms with Crippen LogP contribution in [0.1, 0.15) is 12.5 Å². The number of piperazine rings is 1. The third kappa shape index (κ3) is 5.02. The van der Waals surface area contributed by atoms with Gasteiger partial charge in [-0.25, -0.2) is 0 Å². The van der Waals surface area contributed by atoms with Crippen molar-refractivity contribution in [3.05, 3.63) is 52.5 Å². The molecule has 1 fully saturated rings. The molecule has 1 atom stereocenters. The van der Waals surface area contributed by atoms with E-state index in [9.17, 15) is 4.79 Å². The maximum atomic E-state index is 12.5. The Kier molecular flexibility index (Phi) is 6.39. The largest absolute Gasteiger partial charge is 0.480 e. The summed E-state index contributed by atoms with van der Waals surface area (Å²) in [6.45, 7) is 8.04. The van der Waals surface area contributed by atoms with E-state index < -0.39 is 6.10 Å². The van der Waals surface area contributed by atoms with E-state index in [4.69, 9.17) is 4.74 Å². The molecular weight excluding hydrogens is 406 g/mol. The zero-order valence-corrected chi connectivity index (χ0v) is 17.6. The third-order valence-corrected chi connectivity index (χ3v) is 5.47. The highest BCUT2D eigenvalue weighted by molar-refractivity contribution is 9.10. The van der Waals surface area contributed by atoms with Crippen LogP contribution in [0.5, 0.6) is 5.75 Å². The van der Waals surface area contributed by atoms with Gasteiger partial charge in [0.25, 0.3) is 5.91 Å². The summed E-state index contributed by atoms with van der Waals surface area (Å²) in [5, 5.41) is 2.95. The molecule has 1 heterocycles. The molecule has 3 rings (SSSR count). The molecule has 5 nitrogen and oxygen atoms in total. The van der Waals surface area contributed by atoms with Gasteiger partial charge in [0.05, 0.1) is 4.47 Å². The zero-order chi connectivity index (χ0) is 19.4. The third-order valence-electron chi connectivity index (χ3n) is 4.82. The van der Waals surface area contributed by atoms with Gasteiger partial charge in [-0.2, -0.15) is 0 Å². The van der Waals surface area contributed by atoms with Gasteiger partial charge in [0.1, 0.15) is 5.75 Å². The van der Waals surface area contributed by atoms with Gasteiger partial charge in [0.2, 0.25) is 0 Å². The Morgan fingerprint density at radius 2 is 1.85 bits per heavy atom. The number of ether oxygens (including phenoxy) is 1. The Bertz CT molecular complexity index is 804. The quantitative estimate of drug-likeness (QED) is 0.778. The summed E-state index contributed by atoms with van der Waals surface area (Å²) in [4.78, 5) is 17.2. The van der Waals surface area contributed by atoms with E-state index in [1.807, 2.05) is 36.4 Å². The number of hydrogen-bond donors (Lipinski definition) is 1. The van der Waals surface area contributed by atoms with Crippen molar-refractivity contribution in [3.8, 4) is 5.75 Å². The summed E-state index contributed by atoms with van der Waals surface area (Å²) < 4.78 is 6.60. The molecule has 0 radical (unpaired) electrons. The van der Waals surface area contributed by atoms with E-state index in [1.54, 1.807) is 6.92 Å². The van der Waals surface area contributed by atoms with E-state index >= 15 is 0 Å². The van der Waals surface area contributed by atoms with Crippen molar-refractivity contribution in [2.75, 3.05) is 43.4 Å². The fourth-order valence-electron chi connectivity index (χ4n) is 3.16. The minimum atomic E-state index is -0.596. The normalized spacial score (nSPS) is 16.1. The average molecular weight is 432 g/mol. The molecule has 0 aromatic heterocycles. The molecule has 27 heavy (non-hydrogen) atoms. The Morgan fingerprint density at radius 3 is 2.52 bits per heavy atom. The van der Waals surface area contributed by atoms with Crippen LogP contribution in [-0.2, 0) is 4.79 Å². The summed E-state index contributed by atoms with van der Waals surface area (Å²) in [5.41, 5.74) is 3.19. The Labute approximate surface area is 169 Å². The number of aryl methyl sites for hydroxylation is 1. The number of rotatable bonds is 5. The fraction of sp³-hybridized carbons (Fsp3) is 0.381. The van der Waals surface area contributed by atoms with E-state index in [-0.39, 0.29) is 5.91 Å². The van der Waals surface area contributed by atoms with Crippen molar-refractivity contribution < 1.29 is 9.53 Å². The topological polar surface area (TPSA) is 44.8 Å². The number of nitrogens with zero attached hydrogens (tertiary/aromatic N) is 2. The van der Waals surface area contributed by atoms with E-state index in [2.05, 4.69) is 51.1 Å². The van der Waals surface area contributed by atoms with Crippen molar-refractivity contribution >= 4 is 33.2 Å². The van der Waals surface area contributed by atoms with Crippen molar-refractivity contribution in [1.29, 1.82) is 0 Å². The Hall–Kier alpha value is -2.05. The first kappa shape index (κ1) is 19.7. The lowest BCUT2D eigenvalue weighted by atomic mass is 10.1. The van der Waals surface area contributed by atoms with E-state index in [1.165, 1.54) is 5.69 Å².